The molecular weight excluding hydrogens is 467 g/mol. The van der Waals surface area contributed by atoms with Crippen LogP contribution in [-0.2, 0) is 11.3 Å². The highest BCUT2D eigenvalue weighted by Crippen LogP contribution is 2.22. The first-order chi connectivity index (χ1) is 15.8. The van der Waals surface area contributed by atoms with Gasteiger partial charge in [-0.3, -0.25) is 9.80 Å². The summed E-state index contributed by atoms with van der Waals surface area (Å²) in [6.45, 7) is 7.77. The van der Waals surface area contributed by atoms with Crippen molar-refractivity contribution in [3.63, 3.8) is 0 Å². The molecule has 1 aliphatic rings. The summed E-state index contributed by atoms with van der Waals surface area (Å²) in [5.41, 5.74) is 2.40. The maximum Gasteiger partial charge on any atom is 0.127 e. The molecule has 34 heavy (non-hydrogen) atoms. The summed E-state index contributed by atoms with van der Waals surface area (Å²) in [6, 6.07) is 28.5. The molecule has 0 atom stereocenters. The van der Waals surface area contributed by atoms with Crippen molar-refractivity contribution in [3.05, 3.63) is 102 Å². The second-order valence-electron chi connectivity index (χ2n) is 8.07. The van der Waals surface area contributed by atoms with Crippen LogP contribution in [0, 0.1) is 0 Å². The van der Waals surface area contributed by atoms with E-state index in [1.165, 1.54) is 5.56 Å². The van der Waals surface area contributed by atoms with E-state index in [-0.39, 0.29) is 24.8 Å². The van der Waals surface area contributed by atoms with Crippen LogP contribution < -0.4 is 4.74 Å². The number of rotatable bonds is 10. The van der Waals surface area contributed by atoms with Gasteiger partial charge >= 0.3 is 0 Å². The normalized spacial score (nSPS) is 14.4. The highest BCUT2D eigenvalue weighted by atomic mass is 35.5. The number of hydrogen-bond acceptors (Lipinski definition) is 4. The SMILES string of the molecule is C(=C/c1ccccc1)/CN1CCN(CCOCc2cccc(Oc3ccccc3)c2)CC1.Cl.Cl. The van der Waals surface area contributed by atoms with Crippen molar-refractivity contribution in [1.82, 2.24) is 9.80 Å². The Hall–Kier alpha value is -2.34. The van der Waals surface area contributed by atoms with Crippen molar-refractivity contribution in [2.75, 3.05) is 45.9 Å². The zero-order chi connectivity index (χ0) is 21.8. The Balaban J connectivity index is 0.00000204. The van der Waals surface area contributed by atoms with E-state index in [4.69, 9.17) is 9.47 Å². The van der Waals surface area contributed by atoms with Gasteiger partial charge in [0.2, 0.25) is 0 Å². The lowest BCUT2D eigenvalue weighted by molar-refractivity contribution is 0.0710. The molecule has 182 valence electrons. The molecule has 0 unspecified atom stereocenters. The van der Waals surface area contributed by atoms with Crippen LogP contribution in [0.5, 0.6) is 11.5 Å². The summed E-state index contributed by atoms with van der Waals surface area (Å²) in [6.07, 6.45) is 4.48. The Morgan fingerprint density at radius 3 is 2.09 bits per heavy atom. The third-order valence-corrected chi connectivity index (χ3v) is 5.64. The molecule has 0 radical (unpaired) electrons. The number of para-hydroxylation sites is 1. The lowest BCUT2D eigenvalue weighted by atomic mass is 10.2. The highest BCUT2D eigenvalue weighted by molar-refractivity contribution is 5.85. The molecule has 1 fully saturated rings. The first kappa shape index (κ1) is 27.9. The topological polar surface area (TPSA) is 24.9 Å². The van der Waals surface area contributed by atoms with Gasteiger partial charge in [0.25, 0.3) is 0 Å². The molecular formula is C28H34Cl2N2O2. The van der Waals surface area contributed by atoms with Crippen LogP contribution in [0.15, 0.2) is 91.0 Å². The van der Waals surface area contributed by atoms with Crippen LogP contribution in [0.25, 0.3) is 6.08 Å². The van der Waals surface area contributed by atoms with Crippen LogP contribution >= 0.6 is 24.8 Å². The molecule has 4 nitrogen and oxygen atoms in total. The quantitative estimate of drug-likeness (QED) is 0.310. The minimum Gasteiger partial charge on any atom is -0.457 e. The third kappa shape index (κ3) is 9.49. The van der Waals surface area contributed by atoms with Crippen LogP contribution in [0.3, 0.4) is 0 Å². The minimum atomic E-state index is 0. The van der Waals surface area contributed by atoms with Crippen LogP contribution in [0.2, 0.25) is 0 Å². The molecule has 0 aromatic heterocycles. The van der Waals surface area contributed by atoms with Gasteiger partial charge in [0.15, 0.2) is 0 Å². The van der Waals surface area contributed by atoms with E-state index in [1.54, 1.807) is 0 Å². The highest BCUT2D eigenvalue weighted by Gasteiger charge is 2.15. The van der Waals surface area contributed by atoms with Gasteiger partial charge in [-0.15, -0.1) is 24.8 Å². The molecule has 0 spiro atoms. The smallest absolute Gasteiger partial charge is 0.127 e. The van der Waals surface area contributed by atoms with Crippen LogP contribution in [0.4, 0.5) is 0 Å². The molecule has 4 rings (SSSR count). The molecule has 1 saturated heterocycles. The number of benzene rings is 3. The number of halogens is 2. The standard InChI is InChI=1S/C28H32N2O2.2ClH/c1-3-9-25(10-4-1)12-8-16-29-17-19-30(20-18-29)21-22-31-24-26-11-7-15-28(23-26)32-27-13-5-2-6-14-27;;/h1-15,23H,16-22,24H2;2*1H/b12-8-;;. The van der Waals surface area contributed by atoms with Crippen molar-refractivity contribution < 1.29 is 9.47 Å². The number of piperazine rings is 1. The molecule has 0 aliphatic carbocycles. The largest absolute Gasteiger partial charge is 0.457 e. The fraction of sp³-hybridized carbons (Fsp3) is 0.286. The molecule has 1 aliphatic heterocycles. The summed E-state index contributed by atoms with van der Waals surface area (Å²) in [4.78, 5) is 5.00. The molecule has 6 heteroatoms. The lowest BCUT2D eigenvalue weighted by Crippen LogP contribution is -2.47. The Kier molecular flexibility index (Phi) is 12.8. The van der Waals surface area contributed by atoms with Gasteiger partial charge in [0, 0.05) is 39.3 Å². The minimum absolute atomic E-state index is 0. The Bertz CT molecular complexity index is 962. The van der Waals surface area contributed by atoms with Gasteiger partial charge in [-0.25, -0.2) is 0 Å². The van der Waals surface area contributed by atoms with E-state index < -0.39 is 0 Å². The monoisotopic (exact) mass is 500 g/mol. The number of nitrogens with zero attached hydrogens (tertiary/aromatic N) is 2. The van der Waals surface area contributed by atoms with E-state index in [0.29, 0.717) is 6.61 Å². The predicted molar refractivity (Wildman–Crippen MR) is 145 cm³/mol. The molecule has 0 bridgehead atoms. The summed E-state index contributed by atoms with van der Waals surface area (Å²) in [5, 5.41) is 0. The van der Waals surface area contributed by atoms with Crippen molar-refractivity contribution in [2.24, 2.45) is 0 Å². The summed E-state index contributed by atoms with van der Waals surface area (Å²) >= 11 is 0. The Morgan fingerprint density at radius 2 is 1.35 bits per heavy atom. The first-order valence-electron chi connectivity index (χ1n) is 11.4. The van der Waals surface area contributed by atoms with E-state index in [9.17, 15) is 0 Å². The molecule has 0 amide bonds. The van der Waals surface area contributed by atoms with Crippen molar-refractivity contribution in [2.45, 2.75) is 6.61 Å². The van der Waals surface area contributed by atoms with Gasteiger partial charge in [-0.2, -0.15) is 0 Å². The zero-order valence-electron chi connectivity index (χ0n) is 19.4. The average molecular weight is 501 g/mol. The van der Waals surface area contributed by atoms with Gasteiger partial charge in [0.05, 0.1) is 13.2 Å². The molecule has 3 aromatic carbocycles. The zero-order valence-corrected chi connectivity index (χ0v) is 21.1. The fourth-order valence-corrected chi connectivity index (χ4v) is 3.80. The number of hydrogen-bond donors (Lipinski definition) is 0. The second-order valence-corrected chi connectivity index (χ2v) is 8.07. The van der Waals surface area contributed by atoms with Crippen molar-refractivity contribution in [3.8, 4) is 11.5 Å². The summed E-state index contributed by atoms with van der Waals surface area (Å²) in [7, 11) is 0. The van der Waals surface area contributed by atoms with Gasteiger partial charge in [0.1, 0.15) is 11.5 Å². The average Bonchev–Trinajstić information content (AvgIpc) is 2.84. The fourth-order valence-electron chi connectivity index (χ4n) is 3.80. The van der Waals surface area contributed by atoms with Crippen LogP contribution in [0.1, 0.15) is 11.1 Å². The number of ether oxygens (including phenoxy) is 2. The maximum absolute atomic E-state index is 5.95. The van der Waals surface area contributed by atoms with Gasteiger partial charge in [-0.05, 0) is 35.4 Å². The maximum atomic E-state index is 5.95. The van der Waals surface area contributed by atoms with E-state index in [0.717, 1.165) is 62.9 Å². The van der Waals surface area contributed by atoms with E-state index in [1.807, 2.05) is 42.5 Å². The molecule has 0 N–H and O–H groups in total. The summed E-state index contributed by atoms with van der Waals surface area (Å²) in [5.74, 6) is 1.69. The van der Waals surface area contributed by atoms with Crippen molar-refractivity contribution >= 4 is 30.9 Å². The predicted octanol–water partition coefficient (Wildman–Crippen LogP) is 6.17. The van der Waals surface area contributed by atoms with E-state index in [2.05, 4.69) is 64.4 Å². The molecule has 0 saturated carbocycles. The first-order valence-corrected chi connectivity index (χ1v) is 11.4. The lowest BCUT2D eigenvalue weighted by Gasteiger charge is -2.34. The van der Waals surface area contributed by atoms with Crippen LogP contribution in [-0.4, -0.2) is 55.7 Å². The Morgan fingerprint density at radius 1 is 0.706 bits per heavy atom. The third-order valence-electron chi connectivity index (χ3n) is 5.64. The molecule has 1 heterocycles. The van der Waals surface area contributed by atoms with Crippen molar-refractivity contribution in [1.29, 1.82) is 0 Å². The van der Waals surface area contributed by atoms with Gasteiger partial charge in [-0.1, -0.05) is 72.8 Å². The summed E-state index contributed by atoms with van der Waals surface area (Å²) < 4.78 is 11.9. The second kappa shape index (κ2) is 15.5. The van der Waals surface area contributed by atoms with E-state index >= 15 is 0 Å². The Labute approximate surface area is 216 Å². The molecule has 3 aromatic rings. The van der Waals surface area contributed by atoms with Gasteiger partial charge < -0.3 is 9.47 Å².